The zero-order chi connectivity index (χ0) is 14.5. The molecule has 110 valence electrons. The number of piperidine rings is 1. The van der Waals surface area contributed by atoms with Crippen LogP contribution in [0.4, 0.5) is 0 Å². The van der Waals surface area contributed by atoms with Crippen molar-refractivity contribution in [2.75, 3.05) is 27.3 Å². The molecular weight excluding hydrogens is 258 g/mol. The third-order valence-electron chi connectivity index (χ3n) is 3.65. The molecule has 1 aliphatic rings. The minimum absolute atomic E-state index is 0.0588. The van der Waals surface area contributed by atoms with Gasteiger partial charge in [0.1, 0.15) is 11.5 Å². The lowest BCUT2D eigenvalue weighted by molar-refractivity contribution is -0.132. The van der Waals surface area contributed by atoms with Crippen molar-refractivity contribution in [1.29, 1.82) is 0 Å². The summed E-state index contributed by atoms with van der Waals surface area (Å²) in [6.07, 6.45) is 1.32. The molecule has 1 N–H and O–H groups in total. The standard InChI is InChI=1S/C15H21NO4/c1-19-13-3-4-14(20-2)11(9-13)10-15(18)16-7-5-12(17)6-8-16/h3-4,9,12,17H,5-8,10H2,1-2H3. The van der Waals surface area contributed by atoms with Crippen LogP contribution in [0.25, 0.3) is 0 Å². The number of amides is 1. The first-order valence-corrected chi connectivity index (χ1v) is 6.80. The minimum atomic E-state index is -0.273. The topological polar surface area (TPSA) is 59.0 Å². The smallest absolute Gasteiger partial charge is 0.227 e. The van der Waals surface area contributed by atoms with E-state index in [2.05, 4.69) is 0 Å². The van der Waals surface area contributed by atoms with Crippen molar-refractivity contribution in [2.45, 2.75) is 25.4 Å². The molecule has 0 aromatic heterocycles. The second-order valence-electron chi connectivity index (χ2n) is 4.97. The highest BCUT2D eigenvalue weighted by Crippen LogP contribution is 2.25. The first-order chi connectivity index (χ1) is 9.63. The minimum Gasteiger partial charge on any atom is -0.497 e. The maximum atomic E-state index is 12.3. The average Bonchev–Trinajstić information content (AvgIpc) is 2.47. The van der Waals surface area contributed by atoms with E-state index < -0.39 is 0 Å². The normalized spacial score (nSPS) is 16.1. The highest BCUT2D eigenvalue weighted by atomic mass is 16.5. The molecular formula is C15H21NO4. The Morgan fingerprint density at radius 1 is 1.30 bits per heavy atom. The molecule has 0 spiro atoms. The highest BCUT2D eigenvalue weighted by molar-refractivity contribution is 5.79. The molecule has 0 unspecified atom stereocenters. The molecule has 20 heavy (non-hydrogen) atoms. The van der Waals surface area contributed by atoms with Gasteiger partial charge in [-0.1, -0.05) is 0 Å². The van der Waals surface area contributed by atoms with Crippen LogP contribution in [0.5, 0.6) is 11.5 Å². The number of rotatable bonds is 4. The molecule has 1 aromatic carbocycles. The van der Waals surface area contributed by atoms with Gasteiger partial charge < -0.3 is 19.5 Å². The fraction of sp³-hybridized carbons (Fsp3) is 0.533. The van der Waals surface area contributed by atoms with Gasteiger partial charge in [0.2, 0.25) is 5.91 Å². The predicted octanol–water partition coefficient (Wildman–Crippen LogP) is 1.23. The number of methoxy groups -OCH3 is 2. The monoisotopic (exact) mass is 279 g/mol. The number of carbonyl (C=O) groups is 1. The van der Waals surface area contributed by atoms with E-state index in [0.717, 1.165) is 5.56 Å². The maximum absolute atomic E-state index is 12.3. The number of hydrogen-bond acceptors (Lipinski definition) is 4. The van der Waals surface area contributed by atoms with Crippen molar-refractivity contribution in [1.82, 2.24) is 4.90 Å². The lowest BCUT2D eigenvalue weighted by atomic mass is 10.1. The van der Waals surface area contributed by atoms with E-state index in [0.29, 0.717) is 37.4 Å². The number of likely N-dealkylation sites (tertiary alicyclic amines) is 1. The van der Waals surface area contributed by atoms with Crippen LogP contribution in [0, 0.1) is 0 Å². The van der Waals surface area contributed by atoms with Crippen LogP contribution in [0.2, 0.25) is 0 Å². The second-order valence-corrected chi connectivity index (χ2v) is 4.97. The van der Waals surface area contributed by atoms with Crippen molar-refractivity contribution in [3.63, 3.8) is 0 Å². The van der Waals surface area contributed by atoms with E-state index in [-0.39, 0.29) is 18.4 Å². The molecule has 5 heteroatoms. The third kappa shape index (κ3) is 3.42. The zero-order valence-electron chi connectivity index (χ0n) is 12.0. The van der Waals surface area contributed by atoms with Crippen LogP contribution >= 0.6 is 0 Å². The number of carbonyl (C=O) groups excluding carboxylic acids is 1. The summed E-state index contributed by atoms with van der Waals surface area (Å²) < 4.78 is 10.5. The SMILES string of the molecule is COc1ccc(OC)c(CC(=O)N2CCC(O)CC2)c1. The molecule has 1 aromatic rings. The van der Waals surface area contributed by atoms with Gasteiger partial charge in [-0.15, -0.1) is 0 Å². The highest BCUT2D eigenvalue weighted by Gasteiger charge is 2.22. The van der Waals surface area contributed by atoms with Crippen LogP contribution in [0.15, 0.2) is 18.2 Å². The van der Waals surface area contributed by atoms with Crippen LogP contribution in [0.1, 0.15) is 18.4 Å². The van der Waals surface area contributed by atoms with Gasteiger partial charge in [-0.25, -0.2) is 0 Å². The molecule has 5 nitrogen and oxygen atoms in total. The fourth-order valence-corrected chi connectivity index (χ4v) is 2.41. The van der Waals surface area contributed by atoms with Crippen LogP contribution in [-0.4, -0.2) is 49.3 Å². The van der Waals surface area contributed by atoms with Gasteiger partial charge in [0.25, 0.3) is 0 Å². The molecule has 0 radical (unpaired) electrons. The maximum Gasteiger partial charge on any atom is 0.227 e. The zero-order valence-corrected chi connectivity index (χ0v) is 12.0. The molecule has 0 aliphatic carbocycles. The Labute approximate surface area is 119 Å². The second kappa shape index (κ2) is 6.61. The molecule has 1 aliphatic heterocycles. The lowest BCUT2D eigenvalue weighted by Crippen LogP contribution is -2.40. The van der Waals surface area contributed by atoms with Crippen molar-refractivity contribution < 1.29 is 19.4 Å². The third-order valence-corrected chi connectivity index (χ3v) is 3.65. The fourth-order valence-electron chi connectivity index (χ4n) is 2.41. The first kappa shape index (κ1) is 14.7. The summed E-state index contributed by atoms with van der Waals surface area (Å²) >= 11 is 0. The Balaban J connectivity index is 2.06. The van der Waals surface area contributed by atoms with E-state index in [1.165, 1.54) is 0 Å². The van der Waals surface area contributed by atoms with Crippen molar-refractivity contribution in [2.24, 2.45) is 0 Å². The van der Waals surface area contributed by atoms with Gasteiger partial charge in [0, 0.05) is 18.7 Å². The van der Waals surface area contributed by atoms with Gasteiger partial charge in [-0.2, -0.15) is 0 Å². The molecule has 0 saturated carbocycles. The van der Waals surface area contributed by atoms with Gasteiger partial charge in [-0.3, -0.25) is 4.79 Å². The summed E-state index contributed by atoms with van der Waals surface area (Å²) in [6, 6.07) is 5.45. The Hall–Kier alpha value is -1.75. The summed E-state index contributed by atoms with van der Waals surface area (Å²) in [5, 5.41) is 9.47. The Morgan fingerprint density at radius 3 is 2.60 bits per heavy atom. The molecule has 1 saturated heterocycles. The van der Waals surface area contributed by atoms with Crippen molar-refractivity contribution >= 4 is 5.91 Å². The van der Waals surface area contributed by atoms with Gasteiger partial charge in [-0.05, 0) is 31.0 Å². The summed E-state index contributed by atoms with van der Waals surface area (Å²) in [6.45, 7) is 1.23. The van der Waals surface area contributed by atoms with Crippen molar-refractivity contribution in [3.05, 3.63) is 23.8 Å². The summed E-state index contributed by atoms with van der Waals surface area (Å²) in [4.78, 5) is 14.1. The Morgan fingerprint density at radius 2 is 2.00 bits per heavy atom. The van der Waals surface area contributed by atoms with E-state index in [4.69, 9.17) is 9.47 Å². The van der Waals surface area contributed by atoms with E-state index in [9.17, 15) is 9.90 Å². The first-order valence-electron chi connectivity index (χ1n) is 6.80. The average molecular weight is 279 g/mol. The van der Waals surface area contributed by atoms with Gasteiger partial charge in [0.15, 0.2) is 0 Å². The van der Waals surface area contributed by atoms with E-state index >= 15 is 0 Å². The molecule has 1 amide bonds. The largest absolute Gasteiger partial charge is 0.497 e. The van der Waals surface area contributed by atoms with E-state index in [1.54, 1.807) is 25.2 Å². The Bertz CT molecular complexity index is 467. The number of aliphatic hydroxyl groups is 1. The molecule has 1 fully saturated rings. The van der Waals surface area contributed by atoms with Crippen LogP contribution in [0.3, 0.4) is 0 Å². The predicted molar refractivity (Wildman–Crippen MR) is 75.1 cm³/mol. The van der Waals surface area contributed by atoms with Crippen molar-refractivity contribution in [3.8, 4) is 11.5 Å². The molecule has 1 heterocycles. The number of ether oxygens (including phenoxy) is 2. The molecule has 2 rings (SSSR count). The number of nitrogens with zero attached hydrogens (tertiary/aromatic N) is 1. The van der Waals surface area contributed by atoms with Gasteiger partial charge in [0.05, 0.1) is 26.7 Å². The quantitative estimate of drug-likeness (QED) is 0.900. The van der Waals surface area contributed by atoms with Crippen LogP contribution < -0.4 is 9.47 Å². The lowest BCUT2D eigenvalue weighted by Gasteiger charge is -2.29. The molecule has 0 bridgehead atoms. The number of aliphatic hydroxyl groups excluding tert-OH is 1. The summed E-state index contributed by atoms with van der Waals surface area (Å²) in [5.41, 5.74) is 0.822. The summed E-state index contributed by atoms with van der Waals surface area (Å²) in [7, 11) is 3.19. The van der Waals surface area contributed by atoms with E-state index in [1.807, 2.05) is 12.1 Å². The van der Waals surface area contributed by atoms with Crippen LogP contribution in [-0.2, 0) is 11.2 Å². The van der Waals surface area contributed by atoms with Gasteiger partial charge >= 0.3 is 0 Å². The summed E-state index contributed by atoms with van der Waals surface area (Å²) in [5.74, 6) is 1.46. The number of benzene rings is 1. The number of hydrogen-bond donors (Lipinski definition) is 1. The molecule has 0 atom stereocenters. The Kier molecular flexibility index (Phi) is 4.84.